The van der Waals surface area contributed by atoms with E-state index in [4.69, 9.17) is 0 Å². The number of nitrogens with zero attached hydrogens (tertiary/aromatic N) is 1. The lowest BCUT2D eigenvalue weighted by Crippen LogP contribution is -2.45. The molecule has 0 N–H and O–H groups in total. The molecule has 0 aromatic heterocycles. The molecule has 0 aromatic rings. The largest absolute Gasteiger partial charge is 0.300 e. The Bertz CT molecular complexity index is 168. The molecule has 0 unspecified atom stereocenters. The molecule has 90 valence electrons. The highest BCUT2D eigenvalue weighted by molar-refractivity contribution is 4.83. The molecule has 0 radical (unpaired) electrons. The van der Waals surface area contributed by atoms with E-state index in [0.29, 0.717) is 6.04 Å². The highest BCUT2D eigenvalue weighted by Gasteiger charge is 2.30. The molecule has 0 spiro atoms. The molecular formula is C14H29N. The van der Waals surface area contributed by atoms with Gasteiger partial charge in [-0.05, 0) is 45.6 Å². The summed E-state index contributed by atoms with van der Waals surface area (Å²) >= 11 is 0. The normalized spacial score (nSPS) is 21.6. The van der Waals surface area contributed by atoms with Gasteiger partial charge in [0.1, 0.15) is 0 Å². The maximum atomic E-state index is 2.60. The topological polar surface area (TPSA) is 3.24 Å². The van der Waals surface area contributed by atoms with E-state index in [1.165, 1.54) is 32.1 Å². The molecule has 15 heavy (non-hydrogen) atoms. The van der Waals surface area contributed by atoms with E-state index in [-0.39, 0.29) is 0 Å². The standard InChI is InChI=1S/C14H29N/c1-11(2)14(15(5)12(3)4)13-9-7-6-8-10-13/h11-14H,6-10H2,1-5H3/t14-/m1/s1. The van der Waals surface area contributed by atoms with Crippen LogP contribution in [0.2, 0.25) is 0 Å². The summed E-state index contributed by atoms with van der Waals surface area (Å²) in [5.74, 6) is 1.74. The van der Waals surface area contributed by atoms with E-state index in [0.717, 1.165) is 17.9 Å². The fourth-order valence-electron chi connectivity index (χ4n) is 3.17. The van der Waals surface area contributed by atoms with Gasteiger partial charge in [-0.3, -0.25) is 0 Å². The van der Waals surface area contributed by atoms with Crippen LogP contribution >= 0.6 is 0 Å². The summed E-state index contributed by atoms with van der Waals surface area (Å²) in [6.45, 7) is 9.41. The third kappa shape index (κ3) is 3.48. The Kier molecular flexibility index (Phi) is 5.11. The van der Waals surface area contributed by atoms with Gasteiger partial charge in [-0.25, -0.2) is 0 Å². The molecule has 1 atom stereocenters. The van der Waals surface area contributed by atoms with Crippen LogP contribution in [0.25, 0.3) is 0 Å². The van der Waals surface area contributed by atoms with Crippen molar-refractivity contribution in [3.05, 3.63) is 0 Å². The molecule has 1 aliphatic carbocycles. The van der Waals surface area contributed by atoms with Crippen molar-refractivity contribution in [1.29, 1.82) is 0 Å². The number of rotatable bonds is 4. The molecule has 1 saturated carbocycles. The van der Waals surface area contributed by atoms with E-state index in [1.54, 1.807) is 0 Å². The summed E-state index contributed by atoms with van der Waals surface area (Å²) in [6.07, 6.45) is 7.30. The first kappa shape index (κ1) is 13.0. The van der Waals surface area contributed by atoms with Crippen molar-refractivity contribution in [1.82, 2.24) is 4.90 Å². The molecule has 1 aliphatic rings. The Balaban J connectivity index is 2.63. The summed E-state index contributed by atoms with van der Waals surface area (Å²) in [4.78, 5) is 2.60. The zero-order chi connectivity index (χ0) is 11.4. The van der Waals surface area contributed by atoms with Crippen molar-refractivity contribution < 1.29 is 0 Å². The van der Waals surface area contributed by atoms with Crippen LogP contribution in [0.3, 0.4) is 0 Å². The van der Waals surface area contributed by atoms with Gasteiger partial charge in [-0.2, -0.15) is 0 Å². The van der Waals surface area contributed by atoms with Gasteiger partial charge in [0.25, 0.3) is 0 Å². The Hall–Kier alpha value is -0.0400. The van der Waals surface area contributed by atoms with E-state index >= 15 is 0 Å². The smallest absolute Gasteiger partial charge is 0.0146 e. The van der Waals surface area contributed by atoms with E-state index in [1.807, 2.05) is 0 Å². The summed E-state index contributed by atoms with van der Waals surface area (Å²) < 4.78 is 0. The Labute approximate surface area is 96.2 Å². The Morgan fingerprint density at radius 1 is 0.933 bits per heavy atom. The van der Waals surface area contributed by atoms with E-state index < -0.39 is 0 Å². The second-order valence-electron chi connectivity index (χ2n) is 5.89. The summed E-state index contributed by atoms with van der Waals surface area (Å²) in [5.41, 5.74) is 0. The Morgan fingerprint density at radius 3 is 1.87 bits per heavy atom. The van der Waals surface area contributed by atoms with Gasteiger partial charge in [0.2, 0.25) is 0 Å². The van der Waals surface area contributed by atoms with Crippen LogP contribution in [0.5, 0.6) is 0 Å². The second kappa shape index (κ2) is 5.89. The third-order valence-electron chi connectivity index (χ3n) is 4.10. The molecule has 1 heteroatoms. The average Bonchev–Trinajstić information content (AvgIpc) is 2.18. The van der Waals surface area contributed by atoms with Gasteiger partial charge in [0.15, 0.2) is 0 Å². The first-order valence-electron chi connectivity index (χ1n) is 6.76. The highest BCUT2D eigenvalue weighted by Crippen LogP contribution is 2.32. The quantitative estimate of drug-likeness (QED) is 0.681. The molecule has 0 heterocycles. The Morgan fingerprint density at radius 2 is 1.47 bits per heavy atom. The van der Waals surface area contributed by atoms with Crippen LogP contribution in [0.15, 0.2) is 0 Å². The predicted octanol–water partition coefficient (Wildman–Crippen LogP) is 3.93. The minimum Gasteiger partial charge on any atom is -0.300 e. The molecule has 1 nitrogen and oxygen atoms in total. The summed E-state index contributed by atoms with van der Waals surface area (Å²) in [6, 6.07) is 1.48. The van der Waals surface area contributed by atoms with Crippen LogP contribution in [0.4, 0.5) is 0 Å². The van der Waals surface area contributed by atoms with Gasteiger partial charge in [0, 0.05) is 12.1 Å². The molecule has 0 aliphatic heterocycles. The third-order valence-corrected chi connectivity index (χ3v) is 4.10. The van der Waals surface area contributed by atoms with Crippen molar-refractivity contribution in [3.63, 3.8) is 0 Å². The fraction of sp³-hybridized carbons (Fsp3) is 1.00. The zero-order valence-corrected chi connectivity index (χ0v) is 11.3. The molecule has 1 fully saturated rings. The van der Waals surface area contributed by atoms with E-state index in [2.05, 4.69) is 39.6 Å². The van der Waals surface area contributed by atoms with Crippen LogP contribution in [0.1, 0.15) is 59.8 Å². The molecule has 1 rings (SSSR count). The van der Waals surface area contributed by atoms with E-state index in [9.17, 15) is 0 Å². The van der Waals surface area contributed by atoms with Crippen LogP contribution in [0, 0.1) is 11.8 Å². The lowest BCUT2D eigenvalue weighted by Gasteiger charge is -2.41. The van der Waals surface area contributed by atoms with Crippen LogP contribution < -0.4 is 0 Å². The molecule has 0 amide bonds. The van der Waals surface area contributed by atoms with Crippen molar-refractivity contribution in [3.8, 4) is 0 Å². The van der Waals surface area contributed by atoms with Gasteiger partial charge < -0.3 is 4.90 Å². The monoisotopic (exact) mass is 211 g/mol. The molecule has 0 bridgehead atoms. The summed E-state index contributed by atoms with van der Waals surface area (Å²) in [7, 11) is 2.31. The predicted molar refractivity (Wildman–Crippen MR) is 68.1 cm³/mol. The first-order valence-corrected chi connectivity index (χ1v) is 6.76. The second-order valence-corrected chi connectivity index (χ2v) is 5.89. The number of hydrogen-bond acceptors (Lipinski definition) is 1. The minimum atomic E-state index is 0.680. The zero-order valence-electron chi connectivity index (χ0n) is 11.3. The SMILES string of the molecule is CC(C)[C@H](C1CCCCC1)N(C)C(C)C. The lowest BCUT2D eigenvalue weighted by molar-refractivity contribution is 0.0804. The van der Waals surface area contributed by atoms with Gasteiger partial charge >= 0.3 is 0 Å². The highest BCUT2D eigenvalue weighted by atomic mass is 15.2. The summed E-state index contributed by atoms with van der Waals surface area (Å²) in [5, 5.41) is 0. The first-order chi connectivity index (χ1) is 7.04. The maximum Gasteiger partial charge on any atom is 0.0146 e. The van der Waals surface area contributed by atoms with Gasteiger partial charge in [0.05, 0.1) is 0 Å². The minimum absolute atomic E-state index is 0.680. The molecule has 0 saturated heterocycles. The van der Waals surface area contributed by atoms with Gasteiger partial charge in [-0.1, -0.05) is 33.1 Å². The fourth-order valence-corrected chi connectivity index (χ4v) is 3.17. The van der Waals surface area contributed by atoms with Crippen molar-refractivity contribution >= 4 is 0 Å². The lowest BCUT2D eigenvalue weighted by atomic mass is 9.78. The van der Waals surface area contributed by atoms with Crippen molar-refractivity contribution in [2.45, 2.75) is 71.9 Å². The van der Waals surface area contributed by atoms with Crippen molar-refractivity contribution in [2.75, 3.05) is 7.05 Å². The van der Waals surface area contributed by atoms with Crippen molar-refractivity contribution in [2.24, 2.45) is 11.8 Å². The number of hydrogen-bond donors (Lipinski definition) is 0. The van der Waals surface area contributed by atoms with Gasteiger partial charge in [-0.15, -0.1) is 0 Å². The maximum absolute atomic E-state index is 2.60. The molecule has 0 aromatic carbocycles. The van der Waals surface area contributed by atoms with Crippen LogP contribution in [-0.4, -0.2) is 24.0 Å². The average molecular weight is 211 g/mol. The van der Waals surface area contributed by atoms with Crippen LogP contribution in [-0.2, 0) is 0 Å². The molecular weight excluding hydrogens is 182 g/mol.